The van der Waals surface area contributed by atoms with Crippen LogP contribution >= 0.6 is 12.2 Å². The van der Waals surface area contributed by atoms with E-state index in [-0.39, 0.29) is 6.10 Å². The van der Waals surface area contributed by atoms with Gasteiger partial charge in [-0.05, 0) is 55.7 Å². The van der Waals surface area contributed by atoms with E-state index < -0.39 is 0 Å². The van der Waals surface area contributed by atoms with Crippen molar-refractivity contribution in [1.29, 1.82) is 0 Å². The summed E-state index contributed by atoms with van der Waals surface area (Å²) in [6.07, 6.45) is 2.54. The van der Waals surface area contributed by atoms with Crippen molar-refractivity contribution >= 4 is 23.0 Å². The summed E-state index contributed by atoms with van der Waals surface area (Å²) in [5.41, 5.74) is 2.09. The first-order chi connectivity index (χ1) is 9.19. The lowest BCUT2D eigenvalue weighted by molar-refractivity contribution is 0.114. The van der Waals surface area contributed by atoms with Gasteiger partial charge in [0.15, 0.2) is 5.11 Å². The van der Waals surface area contributed by atoms with Crippen LogP contribution in [0.15, 0.2) is 18.2 Å². The Morgan fingerprint density at radius 3 is 3.00 bits per heavy atom. The van der Waals surface area contributed by atoms with Crippen molar-refractivity contribution < 1.29 is 9.47 Å². The zero-order valence-corrected chi connectivity index (χ0v) is 12.2. The smallest absolute Gasteiger partial charge is 0.170 e. The fraction of sp³-hybridized carbons (Fsp3) is 0.500. The van der Waals surface area contributed by atoms with Gasteiger partial charge < -0.3 is 20.1 Å². The van der Waals surface area contributed by atoms with Crippen molar-refractivity contribution in [3.05, 3.63) is 23.8 Å². The number of methoxy groups -OCH3 is 1. The minimum absolute atomic E-state index is 0.289. The van der Waals surface area contributed by atoms with Crippen LogP contribution in [0.4, 0.5) is 5.69 Å². The highest BCUT2D eigenvalue weighted by molar-refractivity contribution is 7.80. The molecule has 5 heteroatoms. The Hall–Kier alpha value is -1.33. The topological polar surface area (TPSA) is 42.5 Å². The van der Waals surface area contributed by atoms with Crippen LogP contribution in [0.1, 0.15) is 18.4 Å². The average molecular weight is 280 g/mol. The SMILES string of the molecule is COc1ccc(NC(=S)NC[C@@H]2CCCO2)c(C)c1. The standard InChI is InChI=1S/C14H20N2O2S/c1-10-8-11(17-2)5-6-13(10)16-14(19)15-9-12-4-3-7-18-12/h5-6,8,12H,3-4,7,9H2,1-2H3,(H2,15,16,19)/t12-/m0/s1. The first kappa shape index (κ1) is 14.1. The highest BCUT2D eigenvalue weighted by Gasteiger charge is 2.15. The minimum Gasteiger partial charge on any atom is -0.497 e. The molecule has 1 saturated heterocycles. The van der Waals surface area contributed by atoms with E-state index in [0.717, 1.165) is 43.0 Å². The lowest BCUT2D eigenvalue weighted by Gasteiger charge is -2.15. The molecule has 1 aromatic rings. The third-order valence-electron chi connectivity index (χ3n) is 3.20. The molecule has 0 aromatic heterocycles. The first-order valence-corrected chi connectivity index (χ1v) is 6.91. The Labute approximate surface area is 119 Å². The number of hydrogen-bond donors (Lipinski definition) is 2. The monoisotopic (exact) mass is 280 g/mol. The summed E-state index contributed by atoms with van der Waals surface area (Å²) in [6, 6.07) is 5.86. The molecule has 2 rings (SSSR count). The summed E-state index contributed by atoms with van der Waals surface area (Å²) in [7, 11) is 1.66. The summed E-state index contributed by atoms with van der Waals surface area (Å²) >= 11 is 5.28. The molecule has 4 nitrogen and oxygen atoms in total. The van der Waals surface area contributed by atoms with E-state index in [1.54, 1.807) is 7.11 Å². The van der Waals surface area contributed by atoms with Crippen LogP contribution in [-0.2, 0) is 4.74 Å². The van der Waals surface area contributed by atoms with E-state index in [1.807, 2.05) is 25.1 Å². The second kappa shape index (κ2) is 6.73. The molecule has 1 atom stereocenters. The lowest BCUT2D eigenvalue weighted by Crippen LogP contribution is -2.34. The maximum Gasteiger partial charge on any atom is 0.170 e. The van der Waals surface area contributed by atoms with Crippen LogP contribution in [0.3, 0.4) is 0 Å². The van der Waals surface area contributed by atoms with Gasteiger partial charge in [-0.3, -0.25) is 0 Å². The molecule has 104 valence electrons. The van der Waals surface area contributed by atoms with Crippen molar-refractivity contribution in [3.8, 4) is 5.75 Å². The van der Waals surface area contributed by atoms with Gasteiger partial charge in [-0.15, -0.1) is 0 Å². The Kier molecular flexibility index (Phi) is 4.99. The molecule has 0 spiro atoms. The molecule has 0 amide bonds. The van der Waals surface area contributed by atoms with Crippen molar-refractivity contribution in [2.75, 3.05) is 25.6 Å². The zero-order valence-electron chi connectivity index (χ0n) is 11.4. The molecule has 0 bridgehead atoms. The van der Waals surface area contributed by atoms with Gasteiger partial charge in [0.05, 0.1) is 13.2 Å². The van der Waals surface area contributed by atoms with E-state index in [0.29, 0.717) is 5.11 Å². The summed E-state index contributed by atoms with van der Waals surface area (Å²) in [5.74, 6) is 0.848. The minimum atomic E-state index is 0.289. The van der Waals surface area contributed by atoms with E-state index in [9.17, 15) is 0 Å². The number of anilines is 1. The molecule has 1 heterocycles. The van der Waals surface area contributed by atoms with Gasteiger partial charge in [0.25, 0.3) is 0 Å². The molecular formula is C14H20N2O2S. The Morgan fingerprint density at radius 1 is 1.53 bits per heavy atom. The van der Waals surface area contributed by atoms with Gasteiger partial charge in [-0.2, -0.15) is 0 Å². The number of aryl methyl sites for hydroxylation is 1. The third kappa shape index (κ3) is 4.08. The molecule has 1 aliphatic rings. The van der Waals surface area contributed by atoms with Crippen LogP contribution < -0.4 is 15.4 Å². The fourth-order valence-electron chi connectivity index (χ4n) is 2.08. The van der Waals surface area contributed by atoms with Crippen LogP contribution in [-0.4, -0.2) is 31.5 Å². The number of rotatable bonds is 4. The largest absolute Gasteiger partial charge is 0.497 e. The molecular weight excluding hydrogens is 260 g/mol. The van der Waals surface area contributed by atoms with Crippen LogP contribution in [0.5, 0.6) is 5.75 Å². The number of ether oxygens (including phenoxy) is 2. The highest BCUT2D eigenvalue weighted by atomic mass is 32.1. The van der Waals surface area contributed by atoms with E-state index in [2.05, 4.69) is 10.6 Å². The van der Waals surface area contributed by atoms with Gasteiger partial charge in [-0.1, -0.05) is 0 Å². The Morgan fingerprint density at radius 2 is 2.37 bits per heavy atom. The van der Waals surface area contributed by atoms with Crippen molar-refractivity contribution in [3.63, 3.8) is 0 Å². The van der Waals surface area contributed by atoms with E-state index in [1.165, 1.54) is 0 Å². The van der Waals surface area contributed by atoms with Gasteiger partial charge in [0.1, 0.15) is 5.75 Å². The predicted octanol–water partition coefficient (Wildman–Crippen LogP) is 2.47. The normalized spacial score (nSPS) is 18.1. The second-order valence-corrected chi connectivity index (χ2v) is 5.06. The zero-order chi connectivity index (χ0) is 13.7. The number of benzene rings is 1. The van der Waals surface area contributed by atoms with Gasteiger partial charge in [0, 0.05) is 18.8 Å². The van der Waals surface area contributed by atoms with E-state index in [4.69, 9.17) is 21.7 Å². The Balaban J connectivity index is 1.84. The van der Waals surface area contributed by atoms with Crippen molar-refractivity contribution in [2.45, 2.75) is 25.9 Å². The van der Waals surface area contributed by atoms with Crippen molar-refractivity contribution in [2.24, 2.45) is 0 Å². The van der Waals surface area contributed by atoms with Crippen molar-refractivity contribution in [1.82, 2.24) is 5.32 Å². The van der Waals surface area contributed by atoms with Gasteiger partial charge in [-0.25, -0.2) is 0 Å². The van der Waals surface area contributed by atoms with Crippen LogP contribution in [0, 0.1) is 6.92 Å². The highest BCUT2D eigenvalue weighted by Crippen LogP contribution is 2.20. The molecule has 2 N–H and O–H groups in total. The average Bonchev–Trinajstić information content (AvgIpc) is 2.92. The molecule has 0 saturated carbocycles. The lowest BCUT2D eigenvalue weighted by atomic mass is 10.2. The summed E-state index contributed by atoms with van der Waals surface area (Å²) in [6.45, 7) is 3.65. The molecule has 1 fully saturated rings. The first-order valence-electron chi connectivity index (χ1n) is 6.50. The number of thiocarbonyl (C=S) groups is 1. The van der Waals surface area contributed by atoms with Gasteiger partial charge in [0.2, 0.25) is 0 Å². The third-order valence-corrected chi connectivity index (χ3v) is 3.44. The fourth-order valence-corrected chi connectivity index (χ4v) is 2.28. The quantitative estimate of drug-likeness (QED) is 0.829. The summed E-state index contributed by atoms with van der Waals surface area (Å²) < 4.78 is 10.7. The molecule has 0 radical (unpaired) electrons. The molecule has 1 aromatic carbocycles. The molecule has 0 unspecified atom stereocenters. The summed E-state index contributed by atoms with van der Waals surface area (Å²) in [4.78, 5) is 0. The van der Waals surface area contributed by atoms with Gasteiger partial charge >= 0.3 is 0 Å². The van der Waals surface area contributed by atoms with E-state index >= 15 is 0 Å². The Bertz CT molecular complexity index is 445. The molecule has 0 aliphatic carbocycles. The number of nitrogens with one attached hydrogen (secondary N) is 2. The predicted molar refractivity (Wildman–Crippen MR) is 80.9 cm³/mol. The molecule has 19 heavy (non-hydrogen) atoms. The second-order valence-electron chi connectivity index (χ2n) is 4.65. The van der Waals surface area contributed by atoms with Crippen LogP contribution in [0.25, 0.3) is 0 Å². The maximum atomic E-state index is 5.54. The summed E-state index contributed by atoms with van der Waals surface area (Å²) in [5, 5.41) is 7.02. The number of hydrogen-bond acceptors (Lipinski definition) is 3. The van der Waals surface area contributed by atoms with Crippen LogP contribution in [0.2, 0.25) is 0 Å². The molecule has 1 aliphatic heterocycles. The maximum absolute atomic E-state index is 5.54.